The third-order valence-electron chi connectivity index (χ3n) is 2.47. The zero-order chi connectivity index (χ0) is 12.3. The molecule has 0 saturated heterocycles. The van der Waals surface area contributed by atoms with Crippen molar-refractivity contribution in [3.05, 3.63) is 34.6 Å². The van der Waals surface area contributed by atoms with Crippen LogP contribution in [0, 0.1) is 11.7 Å². The van der Waals surface area contributed by atoms with Crippen molar-refractivity contribution >= 4 is 17.4 Å². The highest BCUT2D eigenvalue weighted by molar-refractivity contribution is 6.30. The first kappa shape index (κ1) is 13.1. The number of rotatable bonds is 4. The smallest absolute Gasteiger partial charge is 0.154 e. The average molecular weight is 244 g/mol. The Balaban J connectivity index is 2.77. The van der Waals surface area contributed by atoms with E-state index in [4.69, 9.17) is 17.3 Å². The van der Waals surface area contributed by atoms with Gasteiger partial charge in [0.25, 0.3) is 0 Å². The third-order valence-corrected chi connectivity index (χ3v) is 2.70. The summed E-state index contributed by atoms with van der Waals surface area (Å²) in [5.74, 6) is -0.559. The normalized spacial score (nSPS) is 12.9. The van der Waals surface area contributed by atoms with Crippen LogP contribution >= 0.6 is 11.6 Å². The molecule has 1 rings (SSSR count). The second-order valence-corrected chi connectivity index (χ2v) is 4.59. The van der Waals surface area contributed by atoms with E-state index in [1.807, 2.05) is 13.8 Å². The zero-order valence-corrected chi connectivity index (χ0v) is 10.1. The predicted molar refractivity (Wildman–Crippen MR) is 62.9 cm³/mol. The number of hydrogen-bond acceptors (Lipinski definition) is 2. The maximum atomic E-state index is 13.4. The maximum absolute atomic E-state index is 13.4. The summed E-state index contributed by atoms with van der Waals surface area (Å²) in [6.07, 6.45) is 0.0162. The molecule has 0 aliphatic heterocycles. The Hall–Kier alpha value is -0.930. The van der Waals surface area contributed by atoms with Crippen LogP contribution in [0.3, 0.4) is 0 Å². The molecule has 0 bridgehead atoms. The van der Waals surface area contributed by atoms with Gasteiger partial charge in [0.2, 0.25) is 0 Å². The third kappa shape index (κ3) is 3.29. The number of carbonyl (C=O) groups is 1. The quantitative estimate of drug-likeness (QED) is 0.883. The van der Waals surface area contributed by atoms with Crippen LogP contribution in [0.4, 0.5) is 4.39 Å². The predicted octanol–water partition coefficient (Wildman–Crippen LogP) is 2.57. The molecule has 0 fully saturated rings. The molecule has 88 valence electrons. The number of ketones is 1. The monoisotopic (exact) mass is 243 g/mol. The van der Waals surface area contributed by atoms with Crippen LogP contribution in [0.2, 0.25) is 5.02 Å². The standard InChI is InChI=1S/C12H15ClFNO/c1-7(2)12(15)11(16)5-8-3-4-9(13)6-10(8)14/h3-4,6-7,12H,5,15H2,1-2H3. The number of carbonyl (C=O) groups excluding carboxylic acids is 1. The van der Waals surface area contributed by atoms with Gasteiger partial charge in [-0.2, -0.15) is 0 Å². The molecule has 0 spiro atoms. The van der Waals surface area contributed by atoms with E-state index >= 15 is 0 Å². The number of hydrogen-bond donors (Lipinski definition) is 1. The van der Waals surface area contributed by atoms with Gasteiger partial charge in [-0.15, -0.1) is 0 Å². The number of benzene rings is 1. The molecule has 1 atom stereocenters. The minimum absolute atomic E-state index is 0.0162. The minimum atomic E-state index is -0.546. The summed E-state index contributed by atoms with van der Waals surface area (Å²) < 4.78 is 13.4. The summed E-state index contributed by atoms with van der Waals surface area (Å²) in [6.45, 7) is 3.72. The van der Waals surface area contributed by atoms with Gasteiger partial charge in [-0.05, 0) is 23.6 Å². The van der Waals surface area contributed by atoms with Crippen LogP contribution in [-0.2, 0) is 11.2 Å². The van der Waals surface area contributed by atoms with Gasteiger partial charge >= 0.3 is 0 Å². The molecule has 2 N–H and O–H groups in total. The minimum Gasteiger partial charge on any atom is -0.321 e. The summed E-state index contributed by atoms with van der Waals surface area (Å²) in [7, 11) is 0. The largest absolute Gasteiger partial charge is 0.321 e. The highest BCUT2D eigenvalue weighted by atomic mass is 35.5. The van der Waals surface area contributed by atoms with Gasteiger partial charge in [-0.1, -0.05) is 31.5 Å². The fourth-order valence-corrected chi connectivity index (χ4v) is 1.50. The lowest BCUT2D eigenvalue weighted by Gasteiger charge is -2.14. The number of Topliss-reactive ketones (excluding diaryl/α,β-unsaturated/α-hetero) is 1. The van der Waals surface area contributed by atoms with Gasteiger partial charge in [0.15, 0.2) is 5.78 Å². The summed E-state index contributed by atoms with van der Waals surface area (Å²) in [6, 6.07) is 3.73. The Morgan fingerprint density at radius 2 is 2.12 bits per heavy atom. The molecular weight excluding hydrogens is 229 g/mol. The molecule has 0 heterocycles. The molecule has 0 radical (unpaired) electrons. The molecule has 1 unspecified atom stereocenters. The highest BCUT2D eigenvalue weighted by Crippen LogP contribution is 2.16. The molecule has 0 saturated carbocycles. The van der Waals surface area contributed by atoms with Gasteiger partial charge in [0.05, 0.1) is 6.04 Å². The fraction of sp³-hybridized carbons (Fsp3) is 0.417. The Labute approximate surface area is 99.6 Å². The number of nitrogens with two attached hydrogens (primary N) is 1. The molecule has 1 aromatic carbocycles. The molecule has 0 aliphatic rings. The van der Waals surface area contributed by atoms with Crippen molar-refractivity contribution in [2.45, 2.75) is 26.3 Å². The Kier molecular flexibility index (Phi) is 4.44. The molecule has 0 aromatic heterocycles. The first-order valence-electron chi connectivity index (χ1n) is 5.14. The lowest BCUT2D eigenvalue weighted by Crippen LogP contribution is -2.36. The summed E-state index contributed by atoms with van der Waals surface area (Å²) in [5.41, 5.74) is 6.03. The van der Waals surface area contributed by atoms with E-state index in [1.165, 1.54) is 12.1 Å². The SMILES string of the molecule is CC(C)C(N)C(=O)Cc1ccc(Cl)cc1F. The van der Waals surface area contributed by atoms with Crippen LogP contribution in [0.15, 0.2) is 18.2 Å². The molecule has 0 amide bonds. The van der Waals surface area contributed by atoms with E-state index in [9.17, 15) is 9.18 Å². The van der Waals surface area contributed by atoms with Crippen molar-refractivity contribution in [1.82, 2.24) is 0 Å². The Morgan fingerprint density at radius 1 is 1.50 bits per heavy atom. The van der Waals surface area contributed by atoms with E-state index in [0.29, 0.717) is 10.6 Å². The highest BCUT2D eigenvalue weighted by Gasteiger charge is 2.18. The second-order valence-electron chi connectivity index (χ2n) is 4.15. The van der Waals surface area contributed by atoms with Gasteiger partial charge < -0.3 is 5.73 Å². The lowest BCUT2D eigenvalue weighted by atomic mass is 9.96. The van der Waals surface area contributed by atoms with Crippen LogP contribution in [0.25, 0.3) is 0 Å². The topological polar surface area (TPSA) is 43.1 Å². The first-order chi connectivity index (χ1) is 7.41. The fourth-order valence-electron chi connectivity index (χ4n) is 1.34. The zero-order valence-electron chi connectivity index (χ0n) is 9.34. The van der Waals surface area contributed by atoms with Crippen molar-refractivity contribution in [3.63, 3.8) is 0 Å². The van der Waals surface area contributed by atoms with Crippen LogP contribution in [-0.4, -0.2) is 11.8 Å². The summed E-state index contributed by atoms with van der Waals surface area (Å²) >= 11 is 5.62. The van der Waals surface area contributed by atoms with E-state index in [1.54, 1.807) is 6.07 Å². The van der Waals surface area contributed by atoms with Crippen molar-refractivity contribution in [2.24, 2.45) is 11.7 Å². The Morgan fingerprint density at radius 3 is 2.62 bits per heavy atom. The lowest BCUT2D eigenvalue weighted by molar-refractivity contribution is -0.120. The van der Waals surface area contributed by atoms with Gasteiger partial charge in [0, 0.05) is 11.4 Å². The molecular formula is C12H15ClFNO. The van der Waals surface area contributed by atoms with E-state index < -0.39 is 11.9 Å². The van der Waals surface area contributed by atoms with Crippen molar-refractivity contribution in [1.29, 1.82) is 0 Å². The van der Waals surface area contributed by atoms with Crippen molar-refractivity contribution in [2.75, 3.05) is 0 Å². The van der Waals surface area contributed by atoms with Crippen LogP contribution < -0.4 is 5.73 Å². The first-order valence-corrected chi connectivity index (χ1v) is 5.52. The van der Waals surface area contributed by atoms with Crippen molar-refractivity contribution in [3.8, 4) is 0 Å². The average Bonchev–Trinajstić information content (AvgIpc) is 2.20. The molecule has 16 heavy (non-hydrogen) atoms. The molecule has 2 nitrogen and oxygen atoms in total. The van der Waals surface area contributed by atoms with Crippen LogP contribution in [0.1, 0.15) is 19.4 Å². The molecule has 1 aromatic rings. The maximum Gasteiger partial charge on any atom is 0.154 e. The number of halogens is 2. The second kappa shape index (κ2) is 5.41. The van der Waals surface area contributed by atoms with Crippen molar-refractivity contribution < 1.29 is 9.18 Å². The summed E-state index contributed by atoms with van der Waals surface area (Å²) in [5, 5.41) is 0.321. The van der Waals surface area contributed by atoms with E-state index in [-0.39, 0.29) is 18.1 Å². The van der Waals surface area contributed by atoms with Gasteiger partial charge in [-0.3, -0.25) is 4.79 Å². The Bertz CT molecular complexity index is 393. The molecule has 4 heteroatoms. The van der Waals surface area contributed by atoms with Gasteiger partial charge in [-0.25, -0.2) is 4.39 Å². The van der Waals surface area contributed by atoms with Crippen LogP contribution in [0.5, 0.6) is 0 Å². The molecule has 0 aliphatic carbocycles. The van der Waals surface area contributed by atoms with Gasteiger partial charge in [0.1, 0.15) is 5.82 Å². The summed E-state index contributed by atoms with van der Waals surface area (Å²) in [4.78, 5) is 11.7. The van der Waals surface area contributed by atoms with E-state index in [2.05, 4.69) is 0 Å². The van der Waals surface area contributed by atoms with E-state index in [0.717, 1.165) is 0 Å².